The number of aromatic nitrogens is 1. The van der Waals surface area contributed by atoms with Gasteiger partial charge in [0.15, 0.2) is 0 Å². The first-order valence-electron chi connectivity index (χ1n) is 7.36. The van der Waals surface area contributed by atoms with Crippen LogP contribution in [-0.4, -0.2) is 10.5 Å². The van der Waals surface area contributed by atoms with E-state index in [0.717, 1.165) is 12.0 Å². The molecule has 2 rings (SSSR count). The molecule has 0 radical (unpaired) electrons. The van der Waals surface area contributed by atoms with Gasteiger partial charge in [-0.3, -0.25) is 9.59 Å². The van der Waals surface area contributed by atoms with E-state index in [1.807, 2.05) is 19.9 Å². The van der Waals surface area contributed by atoms with Crippen molar-refractivity contribution in [1.82, 2.24) is 4.57 Å². The van der Waals surface area contributed by atoms with Gasteiger partial charge in [-0.2, -0.15) is 0 Å². The number of rotatable bonds is 5. The third kappa shape index (κ3) is 3.75. The summed E-state index contributed by atoms with van der Waals surface area (Å²) in [7, 11) is 0. The van der Waals surface area contributed by atoms with Crippen LogP contribution in [0.15, 0.2) is 47.4 Å². The van der Waals surface area contributed by atoms with Crippen LogP contribution < -0.4 is 16.6 Å². The molecule has 0 saturated heterocycles. The molecule has 1 heterocycles. The summed E-state index contributed by atoms with van der Waals surface area (Å²) in [6.07, 6.45) is 3.07. The lowest BCUT2D eigenvalue weighted by Crippen LogP contribution is -2.32. The Morgan fingerprint density at radius 2 is 2.09 bits per heavy atom. The summed E-state index contributed by atoms with van der Waals surface area (Å²) >= 11 is 0. The lowest BCUT2D eigenvalue weighted by atomic mass is 10.1. The number of aryl methyl sites for hydroxylation is 1. The van der Waals surface area contributed by atoms with E-state index in [0.29, 0.717) is 17.8 Å². The van der Waals surface area contributed by atoms with Crippen molar-refractivity contribution in [3.05, 3.63) is 58.5 Å². The third-order valence-electron chi connectivity index (χ3n) is 3.46. The van der Waals surface area contributed by atoms with Gasteiger partial charge in [0.05, 0.1) is 0 Å². The first kappa shape index (κ1) is 15.8. The number of amides is 1. The second-order valence-corrected chi connectivity index (χ2v) is 5.37. The minimum atomic E-state index is -0.528. The zero-order chi connectivity index (χ0) is 16.1. The number of benzene rings is 1. The van der Waals surface area contributed by atoms with Gasteiger partial charge < -0.3 is 15.6 Å². The van der Waals surface area contributed by atoms with Crippen LogP contribution in [0.1, 0.15) is 31.4 Å². The molecule has 1 aromatic heterocycles. The molecule has 0 bridgehead atoms. The Morgan fingerprint density at radius 1 is 1.32 bits per heavy atom. The maximum Gasteiger partial charge on any atom is 0.251 e. The maximum absolute atomic E-state index is 12.5. The van der Waals surface area contributed by atoms with Crippen molar-refractivity contribution >= 4 is 17.3 Å². The summed E-state index contributed by atoms with van der Waals surface area (Å²) in [5, 5.41) is 2.83. The largest absolute Gasteiger partial charge is 0.399 e. The molecular formula is C17H21N3O2. The first-order chi connectivity index (χ1) is 10.5. The maximum atomic E-state index is 12.5. The average Bonchev–Trinajstić information content (AvgIpc) is 2.45. The Bertz CT molecular complexity index is 722. The fourth-order valence-electron chi connectivity index (χ4n) is 2.36. The standard InChI is InChI=1S/C17H21N3O2/c1-3-5-15(20-9-8-12(2)10-16(20)21)17(22)19-14-7-4-6-13(18)11-14/h4,6-11,15H,3,5,18H2,1-2H3,(H,19,22). The molecular weight excluding hydrogens is 278 g/mol. The van der Waals surface area contributed by atoms with Crippen LogP contribution >= 0.6 is 0 Å². The van der Waals surface area contributed by atoms with E-state index >= 15 is 0 Å². The molecule has 0 fully saturated rings. The number of pyridine rings is 1. The second kappa shape index (κ2) is 6.93. The minimum absolute atomic E-state index is 0.166. The Labute approximate surface area is 129 Å². The summed E-state index contributed by atoms with van der Waals surface area (Å²) in [6.45, 7) is 3.84. The molecule has 0 aliphatic heterocycles. The van der Waals surface area contributed by atoms with E-state index in [1.165, 1.54) is 10.6 Å². The van der Waals surface area contributed by atoms with Gasteiger partial charge in [-0.1, -0.05) is 19.4 Å². The van der Waals surface area contributed by atoms with Gasteiger partial charge in [-0.25, -0.2) is 0 Å². The number of nitrogen functional groups attached to an aromatic ring is 1. The lowest BCUT2D eigenvalue weighted by molar-refractivity contribution is -0.119. The quantitative estimate of drug-likeness (QED) is 0.833. The van der Waals surface area contributed by atoms with Gasteiger partial charge in [0, 0.05) is 23.6 Å². The van der Waals surface area contributed by atoms with Gasteiger partial charge in [0.25, 0.3) is 5.56 Å². The third-order valence-corrected chi connectivity index (χ3v) is 3.46. The molecule has 2 aromatic rings. The number of nitrogens with one attached hydrogen (secondary N) is 1. The molecule has 116 valence electrons. The van der Waals surface area contributed by atoms with E-state index in [9.17, 15) is 9.59 Å². The highest BCUT2D eigenvalue weighted by Gasteiger charge is 2.20. The summed E-state index contributed by atoms with van der Waals surface area (Å²) < 4.78 is 1.48. The van der Waals surface area contributed by atoms with Crippen molar-refractivity contribution in [2.75, 3.05) is 11.1 Å². The van der Waals surface area contributed by atoms with Gasteiger partial charge in [-0.05, 0) is 43.2 Å². The molecule has 1 aromatic carbocycles. The van der Waals surface area contributed by atoms with E-state index in [-0.39, 0.29) is 11.5 Å². The van der Waals surface area contributed by atoms with E-state index in [1.54, 1.807) is 30.5 Å². The Kier molecular flexibility index (Phi) is 4.99. The molecule has 22 heavy (non-hydrogen) atoms. The lowest BCUT2D eigenvalue weighted by Gasteiger charge is -2.19. The molecule has 0 aliphatic rings. The zero-order valence-electron chi connectivity index (χ0n) is 12.9. The van der Waals surface area contributed by atoms with Crippen LogP contribution in [0.4, 0.5) is 11.4 Å². The summed E-state index contributed by atoms with van der Waals surface area (Å²) in [5.41, 5.74) is 7.64. The van der Waals surface area contributed by atoms with E-state index in [4.69, 9.17) is 5.73 Å². The zero-order valence-corrected chi connectivity index (χ0v) is 12.9. The topological polar surface area (TPSA) is 77.1 Å². The minimum Gasteiger partial charge on any atom is -0.399 e. The van der Waals surface area contributed by atoms with Crippen LogP contribution in [0.25, 0.3) is 0 Å². The van der Waals surface area contributed by atoms with Crippen molar-refractivity contribution in [2.45, 2.75) is 32.7 Å². The number of nitrogens with zero attached hydrogens (tertiary/aromatic N) is 1. The number of carbonyl (C=O) groups is 1. The molecule has 0 aliphatic carbocycles. The summed E-state index contributed by atoms with van der Waals surface area (Å²) in [6, 6.07) is 9.84. The van der Waals surface area contributed by atoms with Gasteiger partial charge in [0.2, 0.25) is 5.91 Å². The van der Waals surface area contributed by atoms with Crippen molar-refractivity contribution in [1.29, 1.82) is 0 Å². The fraction of sp³-hybridized carbons (Fsp3) is 0.294. The number of anilines is 2. The molecule has 5 nitrogen and oxygen atoms in total. The molecule has 5 heteroatoms. The SMILES string of the molecule is CCCC(C(=O)Nc1cccc(N)c1)n1ccc(C)cc1=O. The first-order valence-corrected chi connectivity index (χ1v) is 7.36. The smallest absolute Gasteiger partial charge is 0.251 e. The number of nitrogens with two attached hydrogens (primary N) is 1. The summed E-state index contributed by atoms with van der Waals surface area (Å²) in [4.78, 5) is 24.7. The van der Waals surface area contributed by atoms with Crippen molar-refractivity contribution in [3.8, 4) is 0 Å². The number of carbonyl (C=O) groups excluding carboxylic acids is 1. The van der Waals surface area contributed by atoms with Gasteiger partial charge in [0.1, 0.15) is 6.04 Å². The normalized spacial score (nSPS) is 11.9. The van der Waals surface area contributed by atoms with Crippen molar-refractivity contribution in [2.24, 2.45) is 0 Å². The van der Waals surface area contributed by atoms with Crippen LogP contribution in [0.2, 0.25) is 0 Å². The molecule has 0 saturated carbocycles. The average molecular weight is 299 g/mol. The predicted molar refractivity (Wildman–Crippen MR) is 88.9 cm³/mol. The summed E-state index contributed by atoms with van der Waals surface area (Å²) in [5.74, 6) is -0.210. The van der Waals surface area contributed by atoms with Crippen LogP contribution in [0.3, 0.4) is 0 Å². The predicted octanol–water partition coefficient (Wildman–Crippen LogP) is 2.72. The highest BCUT2D eigenvalue weighted by Crippen LogP contribution is 2.17. The van der Waals surface area contributed by atoms with Crippen molar-refractivity contribution < 1.29 is 4.79 Å². The Hall–Kier alpha value is -2.56. The van der Waals surface area contributed by atoms with Crippen LogP contribution in [0.5, 0.6) is 0 Å². The Balaban J connectivity index is 2.27. The highest BCUT2D eigenvalue weighted by atomic mass is 16.2. The molecule has 3 N–H and O–H groups in total. The number of hydrogen-bond donors (Lipinski definition) is 2. The molecule has 1 atom stereocenters. The number of hydrogen-bond acceptors (Lipinski definition) is 3. The highest BCUT2D eigenvalue weighted by molar-refractivity contribution is 5.94. The molecule has 1 amide bonds. The van der Waals surface area contributed by atoms with E-state index < -0.39 is 6.04 Å². The van der Waals surface area contributed by atoms with Crippen LogP contribution in [0, 0.1) is 6.92 Å². The van der Waals surface area contributed by atoms with Gasteiger partial charge in [-0.15, -0.1) is 0 Å². The second-order valence-electron chi connectivity index (χ2n) is 5.37. The van der Waals surface area contributed by atoms with E-state index in [2.05, 4.69) is 5.32 Å². The van der Waals surface area contributed by atoms with Crippen molar-refractivity contribution in [3.63, 3.8) is 0 Å². The molecule has 1 unspecified atom stereocenters. The van der Waals surface area contributed by atoms with Crippen LogP contribution in [-0.2, 0) is 4.79 Å². The Morgan fingerprint density at radius 3 is 2.73 bits per heavy atom. The molecule has 0 spiro atoms. The van der Waals surface area contributed by atoms with Gasteiger partial charge >= 0.3 is 0 Å². The fourth-order valence-corrected chi connectivity index (χ4v) is 2.36. The monoisotopic (exact) mass is 299 g/mol.